The Morgan fingerprint density at radius 2 is 1.52 bits per heavy atom. The molecule has 0 bridgehead atoms. The minimum Gasteiger partial charge on any atom is -0.456 e. The van der Waals surface area contributed by atoms with E-state index in [0.29, 0.717) is 22.8 Å². The molecule has 0 saturated carbocycles. The second-order valence-electron chi connectivity index (χ2n) is 6.95. The molecule has 29 heavy (non-hydrogen) atoms. The van der Waals surface area contributed by atoms with Gasteiger partial charge < -0.3 is 15.4 Å². The molecule has 154 valence electrons. The molecule has 0 radical (unpaired) electrons. The Morgan fingerprint density at radius 3 is 2.17 bits per heavy atom. The first-order valence-corrected chi connectivity index (χ1v) is 9.70. The monoisotopic (exact) mass is 416 g/mol. The SMILES string of the molecule is Cc1cc(C)cc(NC(=O)COC(=O)CCCC(=O)Nc2ccc(C)c(Cl)c2)c1. The molecule has 0 aromatic heterocycles. The van der Waals surface area contributed by atoms with Crippen LogP contribution in [-0.4, -0.2) is 24.4 Å². The molecule has 0 heterocycles. The summed E-state index contributed by atoms with van der Waals surface area (Å²) < 4.78 is 4.97. The van der Waals surface area contributed by atoms with Gasteiger partial charge in [-0.1, -0.05) is 23.7 Å². The molecule has 2 rings (SSSR count). The third-order valence-corrected chi connectivity index (χ3v) is 4.52. The molecule has 0 aliphatic carbocycles. The summed E-state index contributed by atoms with van der Waals surface area (Å²) in [4.78, 5) is 35.6. The van der Waals surface area contributed by atoms with Crippen molar-refractivity contribution in [3.8, 4) is 0 Å². The van der Waals surface area contributed by atoms with Crippen molar-refractivity contribution in [1.29, 1.82) is 0 Å². The second kappa shape index (κ2) is 10.6. The molecule has 0 unspecified atom stereocenters. The van der Waals surface area contributed by atoms with Crippen LogP contribution in [0.4, 0.5) is 11.4 Å². The Labute approximate surface area is 175 Å². The van der Waals surface area contributed by atoms with Crippen LogP contribution in [0.3, 0.4) is 0 Å². The van der Waals surface area contributed by atoms with Crippen molar-refractivity contribution in [2.24, 2.45) is 0 Å². The van der Waals surface area contributed by atoms with Gasteiger partial charge in [0, 0.05) is 29.2 Å². The lowest BCUT2D eigenvalue weighted by Crippen LogP contribution is -2.21. The maximum atomic E-state index is 11.9. The van der Waals surface area contributed by atoms with E-state index in [4.69, 9.17) is 16.3 Å². The average Bonchev–Trinajstić information content (AvgIpc) is 2.62. The Bertz CT molecular complexity index is 891. The zero-order chi connectivity index (χ0) is 21.4. The van der Waals surface area contributed by atoms with Crippen LogP contribution in [0.5, 0.6) is 0 Å². The largest absolute Gasteiger partial charge is 0.456 e. The lowest BCUT2D eigenvalue weighted by molar-refractivity contribution is -0.147. The quantitative estimate of drug-likeness (QED) is 0.618. The highest BCUT2D eigenvalue weighted by Crippen LogP contribution is 2.20. The third-order valence-electron chi connectivity index (χ3n) is 4.11. The molecule has 2 N–H and O–H groups in total. The fourth-order valence-electron chi connectivity index (χ4n) is 2.75. The van der Waals surface area contributed by atoms with Gasteiger partial charge in [0.25, 0.3) is 5.91 Å². The average molecular weight is 417 g/mol. The minimum atomic E-state index is -0.522. The molecule has 6 nitrogen and oxygen atoms in total. The van der Waals surface area contributed by atoms with Crippen molar-refractivity contribution in [3.63, 3.8) is 0 Å². The van der Waals surface area contributed by atoms with E-state index in [0.717, 1.165) is 16.7 Å². The van der Waals surface area contributed by atoms with Crippen LogP contribution in [0.2, 0.25) is 5.02 Å². The lowest BCUT2D eigenvalue weighted by atomic mass is 10.1. The van der Waals surface area contributed by atoms with Gasteiger partial charge in [0.1, 0.15) is 0 Å². The Kier molecular flexibility index (Phi) is 8.21. The zero-order valence-corrected chi connectivity index (χ0v) is 17.6. The summed E-state index contributed by atoms with van der Waals surface area (Å²) in [6.45, 7) is 5.39. The van der Waals surface area contributed by atoms with E-state index < -0.39 is 11.9 Å². The number of rotatable bonds is 8. The number of carbonyl (C=O) groups excluding carboxylic acids is 3. The third kappa shape index (κ3) is 7.95. The Balaban J connectivity index is 1.66. The molecule has 0 spiro atoms. The topological polar surface area (TPSA) is 84.5 Å². The number of anilines is 2. The van der Waals surface area contributed by atoms with Crippen molar-refractivity contribution in [3.05, 3.63) is 58.1 Å². The van der Waals surface area contributed by atoms with Gasteiger partial charge >= 0.3 is 5.97 Å². The molecule has 0 aliphatic heterocycles. The van der Waals surface area contributed by atoms with E-state index in [9.17, 15) is 14.4 Å². The number of benzene rings is 2. The van der Waals surface area contributed by atoms with Gasteiger partial charge in [-0.15, -0.1) is 0 Å². The number of aryl methyl sites for hydroxylation is 3. The van der Waals surface area contributed by atoms with Crippen LogP contribution in [0.1, 0.15) is 36.0 Å². The van der Waals surface area contributed by atoms with Gasteiger partial charge in [-0.3, -0.25) is 14.4 Å². The highest BCUT2D eigenvalue weighted by atomic mass is 35.5. The summed E-state index contributed by atoms with van der Waals surface area (Å²) >= 11 is 6.02. The summed E-state index contributed by atoms with van der Waals surface area (Å²) in [5.74, 6) is -1.14. The summed E-state index contributed by atoms with van der Waals surface area (Å²) in [5, 5.41) is 6.00. The lowest BCUT2D eigenvalue weighted by Gasteiger charge is -2.09. The zero-order valence-electron chi connectivity index (χ0n) is 16.8. The van der Waals surface area contributed by atoms with E-state index in [1.54, 1.807) is 12.1 Å². The first-order valence-electron chi connectivity index (χ1n) is 9.32. The van der Waals surface area contributed by atoms with Gasteiger partial charge in [-0.25, -0.2) is 0 Å². The first kappa shape index (κ1) is 22.4. The number of halogens is 1. The van der Waals surface area contributed by atoms with Crippen LogP contribution in [0, 0.1) is 20.8 Å². The maximum absolute atomic E-state index is 11.9. The molecule has 7 heteroatoms. The normalized spacial score (nSPS) is 10.3. The van der Waals surface area contributed by atoms with Gasteiger partial charge in [-0.2, -0.15) is 0 Å². The maximum Gasteiger partial charge on any atom is 0.306 e. The predicted octanol–water partition coefficient (Wildman–Crippen LogP) is 4.56. The van der Waals surface area contributed by atoms with Crippen molar-refractivity contribution in [2.45, 2.75) is 40.0 Å². The smallest absolute Gasteiger partial charge is 0.306 e. The van der Waals surface area contributed by atoms with Crippen molar-refractivity contribution in [2.75, 3.05) is 17.2 Å². The summed E-state index contributed by atoms with van der Waals surface area (Å²) in [7, 11) is 0. The Morgan fingerprint density at radius 1 is 0.862 bits per heavy atom. The highest BCUT2D eigenvalue weighted by molar-refractivity contribution is 6.31. The number of esters is 1. The summed E-state index contributed by atoms with van der Waals surface area (Å²) in [5.41, 5.74) is 4.26. The van der Waals surface area contributed by atoms with Crippen molar-refractivity contribution in [1.82, 2.24) is 0 Å². The number of hydrogen-bond donors (Lipinski definition) is 2. The van der Waals surface area contributed by atoms with Gasteiger partial charge in [0.2, 0.25) is 5.91 Å². The van der Waals surface area contributed by atoms with E-state index >= 15 is 0 Å². The highest BCUT2D eigenvalue weighted by Gasteiger charge is 2.10. The molecule has 2 aromatic rings. The Hall–Kier alpha value is -2.86. The van der Waals surface area contributed by atoms with Crippen LogP contribution in [0.15, 0.2) is 36.4 Å². The summed E-state index contributed by atoms with van der Waals surface area (Å²) in [6, 6.07) is 10.9. The second-order valence-corrected chi connectivity index (χ2v) is 7.36. The van der Waals surface area contributed by atoms with Gasteiger partial charge in [-0.05, 0) is 68.1 Å². The molecule has 0 aliphatic rings. The fourth-order valence-corrected chi connectivity index (χ4v) is 2.93. The van der Waals surface area contributed by atoms with Crippen molar-refractivity contribution < 1.29 is 19.1 Å². The number of carbonyl (C=O) groups is 3. The predicted molar refractivity (Wildman–Crippen MR) is 114 cm³/mol. The standard InChI is InChI=1S/C22H25ClN2O4/c1-14-9-15(2)11-18(10-14)25-21(27)13-29-22(28)6-4-5-20(26)24-17-8-7-16(3)19(23)12-17/h7-12H,4-6,13H2,1-3H3,(H,24,26)(H,25,27). The number of ether oxygens (including phenoxy) is 1. The van der Waals surface area contributed by atoms with Gasteiger partial charge in [0.05, 0.1) is 0 Å². The summed E-state index contributed by atoms with van der Waals surface area (Å²) in [6.07, 6.45) is 0.539. The molecular weight excluding hydrogens is 392 g/mol. The molecular formula is C22H25ClN2O4. The van der Waals surface area contributed by atoms with Crippen LogP contribution in [-0.2, 0) is 19.1 Å². The van der Waals surface area contributed by atoms with Gasteiger partial charge in [0.15, 0.2) is 6.61 Å². The van der Waals surface area contributed by atoms with E-state index in [1.165, 1.54) is 0 Å². The number of amides is 2. The molecule has 0 fully saturated rings. The van der Waals surface area contributed by atoms with Crippen molar-refractivity contribution >= 4 is 40.8 Å². The van der Waals surface area contributed by atoms with E-state index in [2.05, 4.69) is 10.6 Å². The first-order chi connectivity index (χ1) is 13.7. The minimum absolute atomic E-state index is 0.0545. The van der Waals surface area contributed by atoms with E-state index in [-0.39, 0.29) is 25.4 Å². The van der Waals surface area contributed by atoms with Crippen LogP contribution < -0.4 is 10.6 Å². The number of hydrogen-bond acceptors (Lipinski definition) is 4. The van der Waals surface area contributed by atoms with E-state index in [1.807, 2.05) is 45.0 Å². The molecule has 0 atom stereocenters. The van der Waals surface area contributed by atoms with Crippen LogP contribution >= 0.6 is 11.6 Å². The molecule has 0 saturated heterocycles. The number of nitrogens with one attached hydrogen (secondary N) is 2. The molecule has 2 amide bonds. The fraction of sp³-hybridized carbons (Fsp3) is 0.318. The molecule has 2 aromatic carbocycles. The van der Waals surface area contributed by atoms with Crippen LogP contribution in [0.25, 0.3) is 0 Å².